The number of aryl methyl sites for hydroxylation is 1. The largest absolute Gasteiger partial charge is 0.465 e. The van der Waals surface area contributed by atoms with Crippen LogP contribution >= 0.6 is 11.6 Å². The molecule has 0 fully saturated rings. The molecular formula is C21H22ClN2O2+. The molecular weight excluding hydrogens is 348 g/mol. The van der Waals surface area contributed by atoms with E-state index in [-0.39, 0.29) is 12.0 Å². The standard InChI is InChI=1S/C21H21ClN2O2/c1-13-17-9-4-5-10-18(17)24-19(20(13)21(25)26-3)12-23-14(2)15-7-6-8-16(22)11-15/h4-11,14,23H,12H2,1-3H3/p+1/t14-/m0/s1. The van der Waals surface area contributed by atoms with Crippen LogP contribution in [0.2, 0.25) is 5.02 Å². The minimum Gasteiger partial charge on any atom is -0.465 e. The maximum absolute atomic E-state index is 12.4. The SMILES string of the molecule is COC(=O)c1c(C[NH2+][C@@H](C)c2cccc(Cl)c2)nc2ccccc2c1C. The topological polar surface area (TPSA) is 55.8 Å². The first kappa shape index (κ1) is 18.4. The van der Waals surface area contributed by atoms with Crippen molar-refractivity contribution in [1.82, 2.24) is 4.98 Å². The minimum atomic E-state index is -0.348. The number of hydrogen-bond acceptors (Lipinski definition) is 3. The quantitative estimate of drug-likeness (QED) is 0.696. The second kappa shape index (κ2) is 7.85. The number of benzene rings is 2. The fourth-order valence-electron chi connectivity index (χ4n) is 3.18. The van der Waals surface area contributed by atoms with Crippen molar-refractivity contribution in [3.05, 3.63) is 75.9 Å². The van der Waals surface area contributed by atoms with Gasteiger partial charge in [-0.1, -0.05) is 41.9 Å². The Balaban J connectivity index is 1.94. The Kier molecular flexibility index (Phi) is 5.55. The Morgan fingerprint density at radius 1 is 1.23 bits per heavy atom. The van der Waals surface area contributed by atoms with Crippen molar-refractivity contribution in [3.8, 4) is 0 Å². The zero-order valence-corrected chi connectivity index (χ0v) is 15.9. The van der Waals surface area contributed by atoms with Crippen molar-refractivity contribution in [1.29, 1.82) is 0 Å². The van der Waals surface area contributed by atoms with E-state index in [1.807, 2.05) is 55.5 Å². The van der Waals surface area contributed by atoms with Crippen LogP contribution in [0, 0.1) is 6.92 Å². The van der Waals surface area contributed by atoms with Crippen LogP contribution in [0.1, 0.15) is 40.1 Å². The van der Waals surface area contributed by atoms with Gasteiger partial charge >= 0.3 is 5.97 Å². The molecule has 0 aliphatic heterocycles. The van der Waals surface area contributed by atoms with E-state index in [0.29, 0.717) is 12.1 Å². The van der Waals surface area contributed by atoms with E-state index in [9.17, 15) is 4.79 Å². The lowest BCUT2D eigenvalue weighted by molar-refractivity contribution is -0.708. The lowest BCUT2D eigenvalue weighted by Crippen LogP contribution is -2.83. The molecule has 1 aromatic heterocycles. The van der Waals surface area contributed by atoms with E-state index in [0.717, 1.165) is 32.7 Å². The van der Waals surface area contributed by atoms with Gasteiger partial charge in [0.05, 0.1) is 18.2 Å². The van der Waals surface area contributed by atoms with Crippen molar-refractivity contribution in [2.75, 3.05) is 7.11 Å². The molecule has 0 saturated carbocycles. The maximum Gasteiger partial charge on any atom is 0.340 e. The lowest BCUT2D eigenvalue weighted by Gasteiger charge is -2.15. The van der Waals surface area contributed by atoms with Crippen LogP contribution in [-0.4, -0.2) is 18.1 Å². The van der Waals surface area contributed by atoms with Gasteiger partial charge in [0, 0.05) is 16.0 Å². The number of ether oxygens (including phenoxy) is 1. The van der Waals surface area contributed by atoms with Gasteiger partial charge in [-0.25, -0.2) is 9.78 Å². The lowest BCUT2D eigenvalue weighted by atomic mass is 10.0. The summed E-state index contributed by atoms with van der Waals surface area (Å²) in [6, 6.07) is 15.9. The fourth-order valence-corrected chi connectivity index (χ4v) is 3.37. The van der Waals surface area contributed by atoms with Gasteiger partial charge < -0.3 is 10.1 Å². The molecule has 0 amide bonds. The summed E-state index contributed by atoms with van der Waals surface area (Å²) in [5.41, 5.74) is 4.22. The van der Waals surface area contributed by atoms with Crippen LogP contribution in [0.3, 0.4) is 0 Å². The van der Waals surface area contributed by atoms with Crippen LogP contribution < -0.4 is 5.32 Å². The highest BCUT2D eigenvalue weighted by Gasteiger charge is 2.21. The molecule has 2 N–H and O–H groups in total. The van der Waals surface area contributed by atoms with Crippen molar-refractivity contribution in [3.63, 3.8) is 0 Å². The van der Waals surface area contributed by atoms with E-state index in [1.165, 1.54) is 7.11 Å². The van der Waals surface area contributed by atoms with Crippen molar-refractivity contribution in [2.45, 2.75) is 26.4 Å². The molecule has 134 valence electrons. The predicted octanol–water partition coefficient (Wildman–Crippen LogP) is 3.81. The molecule has 0 spiro atoms. The molecule has 1 atom stereocenters. The molecule has 0 aliphatic rings. The fraction of sp³-hybridized carbons (Fsp3) is 0.238. The summed E-state index contributed by atoms with van der Waals surface area (Å²) < 4.78 is 5.00. The van der Waals surface area contributed by atoms with Crippen LogP contribution in [-0.2, 0) is 11.3 Å². The number of quaternary nitrogens is 1. The molecule has 1 heterocycles. The number of halogens is 1. The molecule has 0 aliphatic carbocycles. The first-order valence-electron chi connectivity index (χ1n) is 8.56. The number of methoxy groups -OCH3 is 1. The number of fused-ring (bicyclic) bond motifs is 1. The molecule has 2 aromatic carbocycles. The number of pyridine rings is 1. The second-order valence-electron chi connectivity index (χ2n) is 6.35. The van der Waals surface area contributed by atoms with Crippen molar-refractivity contribution in [2.24, 2.45) is 0 Å². The highest BCUT2D eigenvalue weighted by molar-refractivity contribution is 6.30. The summed E-state index contributed by atoms with van der Waals surface area (Å²) in [6.07, 6.45) is 0. The van der Waals surface area contributed by atoms with Gasteiger partial charge in [-0.3, -0.25) is 0 Å². The third kappa shape index (κ3) is 3.71. The Hall–Kier alpha value is -2.43. The molecule has 0 saturated heterocycles. The number of nitrogens with two attached hydrogens (primary N) is 1. The number of rotatable bonds is 5. The molecule has 4 nitrogen and oxygen atoms in total. The number of carbonyl (C=O) groups excluding carboxylic acids is 1. The van der Waals surface area contributed by atoms with E-state index in [4.69, 9.17) is 21.3 Å². The van der Waals surface area contributed by atoms with Crippen LogP contribution in [0.25, 0.3) is 10.9 Å². The maximum atomic E-state index is 12.4. The molecule has 3 aromatic rings. The van der Waals surface area contributed by atoms with Gasteiger partial charge in [-0.15, -0.1) is 0 Å². The van der Waals surface area contributed by atoms with Crippen molar-refractivity contribution < 1.29 is 14.8 Å². The van der Waals surface area contributed by atoms with Gasteiger partial charge in [-0.05, 0) is 37.6 Å². The van der Waals surface area contributed by atoms with Gasteiger partial charge in [0.15, 0.2) is 0 Å². The first-order valence-corrected chi connectivity index (χ1v) is 8.94. The van der Waals surface area contributed by atoms with Crippen LogP contribution in [0.15, 0.2) is 48.5 Å². The molecule has 5 heteroatoms. The molecule has 0 unspecified atom stereocenters. The van der Waals surface area contributed by atoms with E-state index >= 15 is 0 Å². The van der Waals surface area contributed by atoms with Gasteiger partial charge in [0.1, 0.15) is 18.3 Å². The zero-order valence-electron chi connectivity index (χ0n) is 15.1. The highest BCUT2D eigenvalue weighted by Crippen LogP contribution is 2.23. The zero-order chi connectivity index (χ0) is 18.7. The highest BCUT2D eigenvalue weighted by atomic mass is 35.5. The summed E-state index contributed by atoms with van der Waals surface area (Å²) in [7, 11) is 1.40. The number of aromatic nitrogens is 1. The average Bonchev–Trinajstić information content (AvgIpc) is 2.65. The third-order valence-corrected chi connectivity index (χ3v) is 4.89. The molecule has 3 rings (SSSR count). The summed E-state index contributed by atoms with van der Waals surface area (Å²) in [6.45, 7) is 4.63. The summed E-state index contributed by atoms with van der Waals surface area (Å²) in [5, 5.41) is 3.84. The predicted molar refractivity (Wildman–Crippen MR) is 103 cm³/mol. The van der Waals surface area contributed by atoms with Gasteiger partial charge in [0.2, 0.25) is 0 Å². The minimum absolute atomic E-state index is 0.188. The van der Waals surface area contributed by atoms with Gasteiger partial charge in [-0.2, -0.15) is 0 Å². The number of hydrogen-bond donors (Lipinski definition) is 1. The first-order chi connectivity index (χ1) is 12.5. The third-order valence-electron chi connectivity index (χ3n) is 4.66. The average molecular weight is 370 g/mol. The number of carbonyl (C=O) groups is 1. The number of para-hydroxylation sites is 1. The Labute approximate surface area is 158 Å². The smallest absolute Gasteiger partial charge is 0.340 e. The molecule has 26 heavy (non-hydrogen) atoms. The summed E-state index contributed by atoms with van der Waals surface area (Å²) in [5.74, 6) is -0.348. The van der Waals surface area contributed by atoms with Crippen molar-refractivity contribution >= 4 is 28.5 Å². The normalized spacial score (nSPS) is 12.2. The molecule has 0 radical (unpaired) electrons. The van der Waals surface area contributed by atoms with Gasteiger partial charge in [0.25, 0.3) is 0 Å². The number of esters is 1. The van der Waals surface area contributed by atoms with E-state index < -0.39 is 0 Å². The van der Waals surface area contributed by atoms with E-state index in [1.54, 1.807) is 0 Å². The van der Waals surface area contributed by atoms with Crippen LogP contribution in [0.4, 0.5) is 0 Å². The Morgan fingerprint density at radius 3 is 2.73 bits per heavy atom. The molecule has 0 bridgehead atoms. The van der Waals surface area contributed by atoms with Crippen LogP contribution in [0.5, 0.6) is 0 Å². The monoisotopic (exact) mass is 369 g/mol. The Bertz CT molecular complexity index is 956. The Morgan fingerprint density at radius 2 is 2.00 bits per heavy atom. The number of nitrogens with zero attached hydrogens (tertiary/aromatic N) is 1. The second-order valence-corrected chi connectivity index (χ2v) is 6.79. The van der Waals surface area contributed by atoms with E-state index in [2.05, 4.69) is 12.2 Å². The summed E-state index contributed by atoms with van der Waals surface area (Å²) in [4.78, 5) is 17.1. The summed E-state index contributed by atoms with van der Waals surface area (Å²) >= 11 is 6.09.